The highest BCUT2D eigenvalue weighted by atomic mass is 35.5. The molecule has 1 aliphatic rings. The standard InChI is InChI=1S/C23H32ClNO6S/c1-5-7-11-25(12-8-6-2)19-13-16(23(26)27)14-21(32(4,28)29)22(19)31-20-10-9-17(30-3)15-18(20)24/h9-10,13-15,19,22H,5-8,11-12H2,1-4H3,(H,26,27). The van der Waals surface area contributed by atoms with Crippen LogP contribution in [0.15, 0.2) is 40.8 Å². The first-order valence-corrected chi connectivity index (χ1v) is 13.0. The fourth-order valence-electron chi connectivity index (χ4n) is 3.57. The molecule has 0 radical (unpaired) electrons. The van der Waals surface area contributed by atoms with Gasteiger partial charge in [0.2, 0.25) is 0 Å². The smallest absolute Gasteiger partial charge is 0.335 e. The highest BCUT2D eigenvalue weighted by Gasteiger charge is 2.39. The first kappa shape index (κ1) is 26.2. The summed E-state index contributed by atoms with van der Waals surface area (Å²) in [6.07, 6.45) is 6.60. The third-order valence-corrected chi connectivity index (χ3v) is 6.83. The lowest BCUT2D eigenvalue weighted by atomic mass is 9.97. The van der Waals surface area contributed by atoms with Crippen LogP contribution in [0.5, 0.6) is 11.5 Å². The van der Waals surface area contributed by atoms with Crippen molar-refractivity contribution in [2.45, 2.75) is 51.7 Å². The number of carboxylic acids is 1. The van der Waals surface area contributed by atoms with Crippen LogP contribution in [0.2, 0.25) is 5.02 Å². The van der Waals surface area contributed by atoms with Gasteiger partial charge >= 0.3 is 5.97 Å². The minimum Gasteiger partial charge on any atom is -0.497 e. The molecular weight excluding hydrogens is 454 g/mol. The van der Waals surface area contributed by atoms with E-state index in [4.69, 9.17) is 21.1 Å². The van der Waals surface area contributed by atoms with Gasteiger partial charge in [0, 0.05) is 12.3 Å². The van der Waals surface area contributed by atoms with E-state index in [-0.39, 0.29) is 15.5 Å². The van der Waals surface area contributed by atoms with Gasteiger partial charge in [0.1, 0.15) is 11.5 Å². The van der Waals surface area contributed by atoms with Crippen molar-refractivity contribution in [2.24, 2.45) is 0 Å². The van der Waals surface area contributed by atoms with Crippen molar-refractivity contribution in [1.82, 2.24) is 4.90 Å². The van der Waals surface area contributed by atoms with Crippen molar-refractivity contribution >= 4 is 27.4 Å². The summed E-state index contributed by atoms with van der Waals surface area (Å²) in [5.41, 5.74) is -0.0610. The average molecular weight is 486 g/mol. The zero-order valence-corrected chi connectivity index (χ0v) is 20.6. The number of carboxylic acid groups (broad SMARTS) is 1. The predicted molar refractivity (Wildman–Crippen MR) is 126 cm³/mol. The molecule has 0 fully saturated rings. The molecule has 2 rings (SSSR count). The topological polar surface area (TPSA) is 93.1 Å². The fraction of sp³-hybridized carbons (Fsp3) is 0.522. The number of hydrogen-bond donors (Lipinski definition) is 1. The van der Waals surface area contributed by atoms with Crippen molar-refractivity contribution < 1.29 is 27.8 Å². The molecule has 0 bridgehead atoms. The second kappa shape index (κ2) is 11.7. The number of carbonyl (C=O) groups is 1. The Balaban J connectivity index is 2.57. The van der Waals surface area contributed by atoms with Gasteiger partial charge in [0.15, 0.2) is 15.9 Å². The molecule has 2 unspecified atom stereocenters. The maximum absolute atomic E-state index is 12.7. The number of rotatable bonds is 12. The second-order valence-corrected chi connectivity index (χ2v) is 10.2. The van der Waals surface area contributed by atoms with E-state index >= 15 is 0 Å². The Kier molecular flexibility index (Phi) is 9.61. The second-order valence-electron chi connectivity index (χ2n) is 7.81. The number of nitrogens with zero attached hydrogens (tertiary/aromatic N) is 1. The van der Waals surface area contributed by atoms with E-state index in [0.29, 0.717) is 24.6 Å². The van der Waals surface area contributed by atoms with Crippen LogP contribution in [0.4, 0.5) is 0 Å². The first-order chi connectivity index (χ1) is 15.1. The Labute approximate surface area is 195 Å². The third kappa shape index (κ3) is 6.73. The fourth-order valence-corrected chi connectivity index (χ4v) is 4.74. The lowest BCUT2D eigenvalue weighted by Gasteiger charge is -2.38. The molecule has 0 aliphatic heterocycles. The highest BCUT2D eigenvalue weighted by Crippen LogP contribution is 2.35. The number of sulfone groups is 1. The van der Waals surface area contributed by atoms with E-state index < -0.39 is 28.0 Å². The Bertz CT molecular complexity index is 965. The molecule has 2 atom stereocenters. The summed E-state index contributed by atoms with van der Waals surface area (Å²) in [5, 5.41) is 9.92. The number of hydrogen-bond acceptors (Lipinski definition) is 6. The van der Waals surface area contributed by atoms with Crippen LogP contribution in [-0.4, -0.2) is 63.0 Å². The molecule has 1 aliphatic carbocycles. The van der Waals surface area contributed by atoms with Crippen LogP contribution < -0.4 is 9.47 Å². The molecule has 0 amide bonds. The summed E-state index contributed by atoms with van der Waals surface area (Å²) in [7, 11) is -2.24. The third-order valence-electron chi connectivity index (χ3n) is 5.33. The molecule has 0 heterocycles. The molecule has 1 aromatic carbocycles. The van der Waals surface area contributed by atoms with Gasteiger partial charge < -0.3 is 14.6 Å². The summed E-state index contributed by atoms with van der Waals surface area (Å²) in [6.45, 7) is 5.53. The van der Waals surface area contributed by atoms with Crippen LogP contribution >= 0.6 is 11.6 Å². The van der Waals surface area contributed by atoms with Gasteiger partial charge in [-0.25, -0.2) is 13.2 Å². The molecule has 0 saturated carbocycles. The van der Waals surface area contributed by atoms with Crippen LogP contribution in [0.25, 0.3) is 0 Å². The zero-order valence-electron chi connectivity index (χ0n) is 19.0. The van der Waals surface area contributed by atoms with Gasteiger partial charge in [-0.05, 0) is 50.2 Å². The minimum absolute atomic E-state index is 0.0610. The molecule has 0 spiro atoms. The molecule has 1 aromatic rings. The average Bonchev–Trinajstić information content (AvgIpc) is 2.74. The molecule has 178 valence electrons. The molecule has 32 heavy (non-hydrogen) atoms. The Morgan fingerprint density at radius 1 is 1.19 bits per heavy atom. The highest BCUT2D eigenvalue weighted by molar-refractivity contribution is 7.94. The number of unbranched alkanes of at least 4 members (excludes halogenated alkanes) is 2. The maximum atomic E-state index is 12.7. The van der Waals surface area contributed by atoms with E-state index in [0.717, 1.165) is 31.9 Å². The van der Waals surface area contributed by atoms with Gasteiger partial charge in [-0.2, -0.15) is 0 Å². The van der Waals surface area contributed by atoms with Gasteiger partial charge in [-0.3, -0.25) is 4.90 Å². The Morgan fingerprint density at radius 3 is 2.28 bits per heavy atom. The number of methoxy groups -OCH3 is 1. The van der Waals surface area contributed by atoms with Gasteiger partial charge in [-0.15, -0.1) is 0 Å². The summed E-state index contributed by atoms with van der Waals surface area (Å²) in [4.78, 5) is 13.8. The van der Waals surface area contributed by atoms with Crippen LogP contribution in [0.1, 0.15) is 39.5 Å². The predicted octanol–water partition coefficient (Wildman–Crippen LogP) is 4.32. The Hall–Kier alpha value is -2.03. The SMILES string of the molecule is CCCCN(CCCC)C1C=C(C(=O)O)C=C(S(C)(=O)=O)C1Oc1ccc(OC)cc1Cl. The van der Waals surface area contributed by atoms with Crippen molar-refractivity contribution in [3.8, 4) is 11.5 Å². The van der Waals surface area contributed by atoms with Crippen molar-refractivity contribution in [1.29, 1.82) is 0 Å². The maximum Gasteiger partial charge on any atom is 0.335 e. The lowest BCUT2D eigenvalue weighted by molar-refractivity contribution is -0.132. The number of aliphatic carboxylic acids is 1. The van der Waals surface area contributed by atoms with E-state index in [1.807, 2.05) is 0 Å². The molecule has 7 nitrogen and oxygen atoms in total. The summed E-state index contributed by atoms with van der Waals surface area (Å²) in [5.74, 6) is -0.333. The normalized spacial score (nSPS) is 18.8. The molecular formula is C23H32ClNO6S. The summed E-state index contributed by atoms with van der Waals surface area (Å²) < 4.78 is 36.8. The lowest BCUT2D eigenvalue weighted by Crippen LogP contribution is -2.49. The van der Waals surface area contributed by atoms with E-state index in [1.165, 1.54) is 13.2 Å². The van der Waals surface area contributed by atoms with E-state index in [2.05, 4.69) is 18.7 Å². The van der Waals surface area contributed by atoms with E-state index in [1.54, 1.807) is 24.3 Å². The molecule has 9 heteroatoms. The van der Waals surface area contributed by atoms with Crippen LogP contribution in [-0.2, 0) is 14.6 Å². The quantitative estimate of drug-likeness (QED) is 0.471. The number of benzene rings is 1. The van der Waals surface area contributed by atoms with E-state index in [9.17, 15) is 18.3 Å². The van der Waals surface area contributed by atoms with Crippen LogP contribution in [0, 0.1) is 0 Å². The van der Waals surface area contributed by atoms with Crippen LogP contribution in [0.3, 0.4) is 0 Å². The number of ether oxygens (including phenoxy) is 2. The Morgan fingerprint density at radius 2 is 1.81 bits per heavy atom. The summed E-state index contributed by atoms with van der Waals surface area (Å²) in [6, 6.07) is 4.31. The number of halogens is 1. The van der Waals surface area contributed by atoms with Crippen molar-refractivity contribution in [3.05, 3.63) is 45.9 Å². The molecule has 0 saturated heterocycles. The molecule has 0 aromatic heterocycles. The van der Waals surface area contributed by atoms with Gasteiger partial charge in [0.05, 0.1) is 28.7 Å². The monoisotopic (exact) mass is 485 g/mol. The minimum atomic E-state index is -3.76. The largest absolute Gasteiger partial charge is 0.497 e. The molecule has 1 N–H and O–H groups in total. The van der Waals surface area contributed by atoms with Crippen molar-refractivity contribution in [2.75, 3.05) is 26.5 Å². The zero-order chi connectivity index (χ0) is 23.9. The first-order valence-electron chi connectivity index (χ1n) is 10.7. The van der Waals surface area contributed by atoms with Gasteiger partial charge in [0.25, 0.3) is 0 Å². The van der Waals surface area contributed by atoms with Crippen molar-refractivity contribution in [3.63, 3.8) is 0 Å². The summed E-state index contributed by atoms with van der Waals surface area (Å²) >= 11 is 6.37. The van der Waals surface area contributed by atoms with Gasteiger partial charge in [-0.1, -0.05) is 38.3 Å².